The van der Waals surface area contributed by atoms with Crippen LogP contribution in [-0.2, 0) is 6.42 Å². The van der Waals surface area contributed by atoms with Gasteiger partial charge in [0.15, 0.2) is 0 Å². The van der Waals surface area contributed by atoms with Gasteiger partial charge in [-0.05, 0) is 129 Å². The lowest BCUT2D eigenvalue weighted by Gasteiger charge is -2.60. The lowest BCUT2D eigenvalue weighted by Crippen LogP contribution is -2.54. The lowest BCUT2D eigenvalue weighted by molar-refractivity contribution is -0.0812. The van der Waals surface area contributed by atoms with Gasteiger partial charge in [-0.1, -0.05) is 44.7 Å². The number of nitrogens with zero attached hydrogens (tertiary/aromatic N) is 1. The second-order valence-corrected chi connectivity index (χ2v) is 12.4. The normalized spacial score (nSPS) is 37.6. The van der Waals surface area contributed by atoms with Crippen molar-refractivity contribution in [3.8, 4) is 5.75 Å². The molecule has 0 spiro atoms. The van der Waals surface area contributed by atoms with E-state index in [1.54, 1.807) is 0 Å². The lowest BCUT2D eigenvalue weighted by atomic mass is 9.44. The summed E-state index contributed by atoms with van der Waals surface area (Å²) in [6.45, 7) is 10.7. The van der Waals surface area contributed by atoms with Crippen LogP contribution in [0, 0.1) is 22.7 Å². The number of phenols is 1. The number of fused-ring (bicyclic) bond motifs is 5. The van der Waals surface area contributed by atoms with Crippen LogP contribution in [-0.4, -0.2) is 40.9 Å². The van der Waals surface area contributed by atoms with Gasteiger partial charge in [-0.3, -0.25) is 0 Å². The Kier molecular flexibility index (Phi) is 7.15. The van der Waals surface area contributed by atoms with Crippen LogP contribution >= 0.6 is 0 Å². The van der Waals surface area contributed by atoms with E-state index in [9.17, 15) is 10.2 Å². The summed E-state index contributed by atoms with van der Waals surface area (Å²) >= 11 is 0. The Morgan fingerprint density at radius 3 is 2.68 bits per heavy atom. The Balaban J connectivity index is 1.30. The molecule has 1 aromatic carbocycles. The fraction of sp³-hybridized carbons (Fsp3) is 0.742. The zero-order valence-corrected chi connectivity index (χ0v) is 21.5. The van der Waals surface area contributed by atoms with Crippen LogP contribution < -0.4 is 0 Å². The van der Waals surface area contributed by atoms with Gasteiger partial charge in [-0.15, -0.1) is 6.58 Å². The molecule has 3 heteroatoms. The molecule has 0 unspecified atom stereocenters. The van der Waals surface area contributed by atoms with Crippen LogP contribution in [0.25, 0.3) is 0 Å². The Labute approximate surface area is 207 Å². The minimum Gasteiger partial charge on any atom is -0.508 e. The number of unbranched alkanes of at least 4 members (excludes halogenated alkanes) is 3. The molecule has 3 aliphatic carbocycles. The highest BCUT2D eigenvalue weighted by Crippen LogP contribution is 2.69. The third kappa shape index (κ3) is 4.26. The van der Waals surface area contributed by atoms with Gasteiger partial charge in [0.1, 0.15) is 5.75 Å². The molecule has 5 rings (SSSR count). The van der Waals surface area contributed by atoms with Crippen LogP contribution in [0.5, 0.6) is 5.75 Å². The first-order valence-electron chi connectivity index (χ1n) is 14.3. The number of hydrogen-bond donors (Lipinski definition) is 2. The van der Waals surface area contributed by atoms with Gasteiger partial charge in [0.05, 0.1) is 6.10 Å². The first-order chi connectivity index (χ1) is 16.5. The molecule has 34 heavy (non-hydrogen) atoms. The molecule has 1 saturated heterocycles. The summed E-state index contributed by atoms with van der Waals surface area (Å²) in [5.41, 5.74) is 2.89. The molecule has 0 amide bonds. The first kappa shape index (κ1) is 24.4. The zero-order valence-electron chi connectivity index (χ0n) is 21.5. The molecule has 3 fully saturated rings. The molecule has 3 nitrogen and oxygen atoms in total. The number of likely N-dealkylation sites (tertiary alicyclic amines) is 1. The molecule has 1 aliphatic heterocycles. The van der Waals surface area contributed by atoms with Crippen molar-refractivity contribution in [2.75, 3.05) is 19.6 Å². The van der Waals surface area contributed by atoms with Crippen molar-refractivity contribution in [3.05, 3.63) is 42.0 Å². The van der Waals surface area contributed by atoms with Crippen molar-refractivity contribution in [1.82, 2.24) is 4.90 Å². The van der Waals surface area contributed by atoms with E-state index in [2.05, 4.69) is 30.5 Å². The number of aryl methyl sites for hydroxylation is 1. The smallest absolute Gasteiger partial charge is 0.115 e. The number of rotatable bonds is 8. The largest absolute Gasteiger partial charge is 0.508 e. The average molecular weight is 466 g/mol. The van der Waals surface area contributed by atoms with Crippen molar-refractivity contribution in [3.63, 3.8) is 0 Å². The van der Waals surface area contributed by atoms with Gasteiger partial charge in [-0.25, -0.2) is 0 Å². The number of aliphatic hydroxyl groups excluding tert-OH is 1. The van der Waals surface area contributed by atoms with E-state index >= 15 is 0 Å². The van der Waals surface area contributed by atoms with Gasteiger partial charge in [0.2, 0.25) is 0 Å². The van der Waals surface area contributed by atoms with Gasteiger partial charge in [0, 0.05) is 0 Å². The summed E-state index contributed by atoms with van der Waals surface area (Å²) in [5, 5.41) is 21.3. The molecule has 188 valence electrons. The number of benzene rings is 1. The van der Waals surface area contributed by atoms with E-state index in [4.69, 9.17) is 0 Å². The van der Waals surface area contributed by atoms with Gasteiger partial charge in [0.25, 0.3) is 0 Å². The maximum absolute atomic E-state index is 11.1. The summed E-state index contributed by atoms with van der Waals surface area (Å²) in [7, 11) is 0. The van der Waals surface area contributed by atoms with Gasteiger partial charge in [-0.2, -0.15) is 0 Å². The SMILES string of the molecule is C=C[C@@]12CCc3cc(O)ccc3[C@H]1[C@@H](CCCCCCN1CCCCC1)C[C@@]1(C)[C@H]2CC[C@@H]1O. The molecule has 0 bridgehead atoms. The Morgan fingerprint density at radius 2 is 1.88 bits per heavy atom. The number of aliphatic hydroxyl groups is 1. The second-order valence-electron chi connectivity index (χ2n) is 12.4. The van der Waals surface area contributed by atoms with E-state index < -0.39 is 0 Å². The highest BCUT2D eigenvalue weighted by molar-refractivity contribution is 5.43. The molecule has 2 saturated carbocycles. The van der Waals surface area contributed by atoms with Crippen LogP contribution in [0.15, 0.2) is 30.9 Å². The Morgan fingerprint density at radius 1 is 1.09 bits per heavy atom. The minimum atomic E-state index is -0.177. The average Bonchev–Trinajstić information content (AvgIpc) is 3.15. The van der Waals surface area contributed by atoms with E-state index in [1.807, 2.05) is 12.1 Å². The molecule has 0 aromatic heterocycles. The topological polar surface area (TPSA) is 43.7 Å². The van der Waals surface area contributed by atoms with Gasteiger partial charge < -0.3 is 15.1 Å². The number of hydrogen-bond acceptors (Lipinski definition) is 3. The number of phenolic OH excluding ortho intramolecular Hbond substituents is 1. The fourth-order valence-corrected chi connectivity index (χ4v) is 8.97. The highest BCUT2D eigenvalue weighted by atomic mass is 16.3. The monoisotopic (exact) mass is 465 g/mol. The molecular formula is C31H47NO2. The van der Waals surface area contributed by atoms with Crippen LogP contribution in [0.4, 0.5) is 0 Å². The Hall–Kier alpha value is -1.32. The Bertz CT molecular complexity index is 861. The summed E-state index contributed by atoms with van der Waals surface area (Å²) < 4.78 is 0. The van der Waals surface area contributed by atoms with Crippen LogP contribution in [0.1, 0.15) is 101 Å². The number of piperidine rings is 1. The summed E-state index contributed by atoms with van der Waals surface area (Å²) in [6.07, 6.45) is 18.2. The maximum atomic E-state index is 11.1. The summed E-state index contributed by atoms with van der Waals surface area (Å²) in [4.78, 5) is 2.67. The molecule has 6 atom stereocenters. The fourth-order valence-electron chi connectivity index (χ4n) is 8.97. The predicted octanol–water partition coefficient (Wildman–Crippen LogP) is 6.83. The van der Waals surface area contributed by atoms with Crippen molar-refractivity contribution in [2.45, 2.75) is 102 Å². The molecule has 2 N–H and O–H groups in total. The third-order valence-electron chi connectivity index (χ3n) is 10.6. The highest BCUT2D eigenvalue weighted by Gasteiger charge is 2.63. The quantitative estimate of drug-likeness (QED) is 0.327. The van der Waals surface area contributed by atoms with E-state index in [0.717, 1.165) is 32.1 Å². The molecule has 1 aromatic rings. The molecule has 0 radical (unpaired) electrons. The van der Waals surface area contributed by atoms with Crippen LogP contribution in [0.3, 0.4) is 0 Å². The molecular weight excluding hydrogens is 418 g/mol. The van der Waals surface area contributed by atoms with E-state index in [-0.39, 0.29) is 16.9 Å². The van der Waals surface area contributed by atoms with Gasteiger partial charge >= 0.3 is 0 Å². The molecule has 1 heterocycles. The minimum absolute atomic E-state index is 0.0119. The van der Waals surface area contributed by atoms with Crippen molar-refractivity contribution >= 4 is 0 Å². The first-order valence-corrected chi connectivity index (χ1v) is 14.3. The zero-order chi connectivity index (χ0) is 23.8. The van der Waals surface area contributed by atoms with E-state index in [1.165, 1.54) is 82.1 Å². The van der Waals surface area contributed by atoms with Crippen molar-refractivity contribution in [1.29, 1.82) is 0 Å². The van der Waals surface area contributed by atoms with Crippen molar-refractivity contribution in [2.24, 2.45) is 22.7 Å². The van der Waals surface area contributed by atoms with Crippen molar-refractivity contribution < 1.29 is 10.2 Å². The number of allylic oxidation sites excluding steroid dienone is 1. The summed E-state index contributed by atoms with van der Waals surface area (Å²) in [5.74, 6) is 1.97. The third-order valence-corrected chi connectivity index (χ3v) is 10.6. The number of aromatic hydroxyl groups is 1. The van der Waals surface area contributed by atoms with Crippen LogP contribution in [0.2, 0.25) is 0 Å². The predicted molar refractivity (Wildman–Crippen MR) is 140 cm³/mol. The standard InChI is InChI=1S/C31H47NO2/c1-3-31-17-16-23-21-25(33)12-13-26(23)29(31)24(22-30(2)27(31)14-15-28(30)34)11-7-4-5-8-18-32-19-9-6-10-20-32/h3,12-13,21,24,27-29,33-34H,1,4-11,14-20,22H2,2H3/t24-,27+,28-,29+,30-,31-/m0/s1. The summed E-state index contributed by atoms with van der Waals surface area (Å²) in [6, 6.07) is 6.12. The maximum Gasteiger partial charge on any atom is 0.115 e. The van der Waals surface area contributed by atoms with E-state index in [0.29, 0.717) is 23.5 Å². The molecule has 4 aliphatic rings. The second kappa shape index (κ2) is 9.97.